The second-order valence-electron chi connectivity index (χ2n) is 7.63. The summed E-state index contributed by atoms with van der Waals surface area (Å²) >= 11 is 0. The number of methoxy groups -OCH3 is 1. The molecule has 0 fully saturated rings. The molecule has 0 atom stereocenters. The molecule has 4 rings (SSSR count). The van der Waals surface area contributed by atoms with Crippen LogP contribution in [-0.2, 0) is 20.6 Å². The standard InChI is InChI=1S/C23H24N4O4/c1-14-6-8-16(9-7-14)13-27-19-20(25(3)23(29)26(4)21(19)28)24-22(27)31-18-11-15(2)10-17(12-18)30-5/h6-12H,13H2,1-5H3. The maximum absolute atomic E-state index is 13.0. The predicted octanol–water partition coefficient (Wildman–Crippen LogP) is 2.90. The lowest BCUT2D eigenvalue weighted by atomic mass is 10.1. The average molecular weight is 420 g/mol. The van der Waals surface area contributed by atoms with Gasteiger partial charge in [0.15, 0.2) is 11.2 Å². The number of ether oxygens (including phenoxy) is 2. The third-order valence-corrected chi connectivity index (χ3v) is 5.24. The normalized spacial score (nSPS) is 11.1. The Balaban J connectivity index is 1.93. The van der Waals surface area contributed by atoms with Gasteiger partial charge >= 0.3 is 11.7 Å². The Bertz CT molecular complexity index is 1390. The summed E-state index contributed by atoms with van der Waals surface area (Å²) in [4.78, 5) is 29.9. The Morgan fingerprint density at radius 1 is 0.903 bits per heavy atom. The molecule has 2 aromatic heterocycles. The van der Waals surface area contributed by atoms with Gasteiger partial charge in [-0.25, -0.2) is 4.79 Å². The molecular formula is C23H24N4O4. The smallest absolute Gasteiger partial charge is 0.332 e. The molecule has 0 amide bonds. The van der Waals surface area contributed by atoms with Crippen LogP contribution in [0.5, 0.6) is 17.5 Å². The van der Waals surface area contributed by atoms with Crippen molar-refractivity contribution in [2.45, 2.75) is 20.4 Å². The van der Waals surface area contributed by atoms with Crippen molar-refractivity contribution in [3.8, 4) is 17.5 Å². The summed E-state index contributed by atoms with van der Waals surface area (Å²) in [6.07, 6.45) is 0. The van der Waals surface area contributed by atoms with E-state index in [9.17, 15) is 9.59 Å². The summed E-state index contributed by atoms with van der Waals surface area (Å²) in [5, 5.41) is 0. The lowest BCUT2D eigenvalue weighted by Gasteiger charge is -2.12. The molecule has 0 bridgehead atoms. The molecule has 2 heterocycles. The summed E-state index contributed by atoms with van der Waals surface area (Å²) in [5.41, 5.74) is 2.79. The van der Waals surface area contributed by atoms with Crippen molar-refractivity contribution in [3.63, 3.8) is 0 Å². The third kappa shape index (κ3) is 3.72. The van der Waals surface area contributed by atoms with Crippen molar-refractivity contribution >= 4 is 11.2 Å². The zero-order valence-corrected chi connectivity index (χ0v) is 18.2. The van der Waals surface area contributed by atoms with Crippen LogP contribution in [0.15, 0.2) is 52.1 Å². The molecule has 0 aliphatic heterocycles. The molecule has 8 heteroatoms. The van der Waals surface area contributed by atoms with Crippen LogP contribution in [0.2, 0.25) is 0 Å². The molecule has 0 N–H and O–H groups in total. The van der Waals surface area contributed by atoms with Gasteiger partial charge in [0, 0.05) is 20.2 Å². The summed E-state index contributed by atoms with van der Waals surface area (Å²) < 4.78 is 15.6. The average Bonchev–Trinajstić information content (AvgIpc) is 3.09. The van der Waals surface area contributed by atoms with E-state index >= 15 is 0 Å². The zero-order valence-electron chi connectivity index (χ0n) is 18.2. The number of rotatable bonds is 5. The van der Waals surface area contributed by atoms with Gasteiger partial charge in [0.05, 0.1) is 13.7 Å². The first kappa shape index (κ1) is 20.5. The Kier molecular flexibility index (Phi) is 5.14. The summed E-state index contributed by atoms with van der Waals surface area (Å²) in [6, 6.07) is 13.7. The number of benzene rings is 2. The molecule has 0 aliphatic rings. The number of hydrogen-bond acceptors (Lipinski definition) is 5. The van der Waals surface area contributed by atoms with Gasteiger partial charge in [-0.1, -0.05) is 29.8 Å². The largest absolute Gasteiger partial charge is 0.497 e. The van der Waals surface area contributed by atoms with Gasteiger partial charge in [0.1, 0.15) is 11.5 Å². The van der Waals surface area contributed by atoms with Gasteiger partial charge in [-0.2, -0.15) is 4.98 Å². The minimum atomic E-state index is -0.443. The van der Waals surface area contributed by atoms with Crippen molar-refractivity contribution < 1.29 is 9.47 Å². The Morgan fingerprint density at radius 3 is 2.26 bits per heavy atom. The van der Waals surface area contributed by atoms with Crippen LogP contribution >= 0.6 is 0 Å². The van der Waals surface area contributed by atoms with Crippen LogP contribution in [0.1, 0.15) is 16.7 Å². The van der Waals surface area contributed by atoms with Crippen LogP contribution < -0.4 is 20.7 Å². The molecule has 0 saturated heterocycles. The molecule has 8 nitrogen and oxygen atoms in total. The molecule has 160 valence electrons. The van der Waals surface area contributed by atoms with E-state index in [0.717, 1.165) is 21.3 Å². The van der Waals surface area contributed by atoms with Crippen molar-refractivity contribution in [2.75, 3.05) is 7.11 Å². The second-order valence-corrected chi connectivity index (χ2v) is 7.63. The monoisotopic (exact) mass is 420 g/mol. The first-order chi connectivity index (χ1) is 14.8. The lowest BCUT2D eigenvalue weighted by molar-refractivity contribution is 0.398. The van der Waals surface area contributed by atoms with E-state index in [0.29, 0.717) is 23.6 Å². The van der Waals surface area contributed by atoms with Crippen molar-refractivity contribution in [1.29, 1.82) is 0 Å². The predicted molar refractivity (Wildman–Crippen MR) is 118 cm³/mol. The van der Waals surface area contributed by atoms with Crippen LogP contribution in [0, 0.1) is 13.8 Å². The van der Waals surface area contributed by atoms with Gasteiger partial charge in [-0.15, -0.1) is 0 Å². The van der Waals surface area contributed by atoms with E-state index in [4.69, 9.17) is 9.47 Å². The van der Waals surface area contributed by atoms with Crippen molar-refractivity contribution in [2.24, 2.45) is 14.1 Å². The summed E-state index contributed by atoms with van der Waals surface area (Å²) in [6.45, 7) is 4.31. The molecule has 0 radical (unpaired) electrons. The summed E-state index contributed by atoms with van der Waals surface area (Å²) in [5.74, 6) is 1.18. The van der Waals surface area contributed by atoms with Crippen LogP contribution in [0.25, 0.3) is 11.2 Å². The Hall–Kier alpha value is -3.81. The number of fused-ring (bicyclic) bond motifs is 1. The molecule has 31 heavy (non-hydrogen) atoms. The van der Waals surface area contributed by atoms with E-state index in [2.05, 4.69) is 4.98 Å². The first-order valence-electron chi connectivity index (χ1n) is 9.84. The highest BCUT2D eigenvalue weighted by Gasteiger charge is 2.21. The fourth-order valence-electron chi connectivity index (χ4n) is 3.52. The molecule has 0 aliphatic carbocycles. The van der Waals surface area contributed by atoms with Gasteiger partial charge in [-0.3, -0.25) is 18.5 Å². The highest BCUT2D eigenvalue weighted by molar-refractivity contribution is 5.72. The van der Waals surface area contributed by atoms with Gasteiger partial charge in [0.2, 0.25) is 0 Å². The van der Waals surface area contributed by atoms with E-state index < -0.39 is 11.2 Å². The minimum absolute atomic E-state index is 0.224. The number of hydrogen-bond donors (Lipinski definition) is 0. The molecule has 2 aromatic carbocycles. The number of nitrogens with zero attached hydrogens (tertiary/aromatic N) is 4. The Labute approximate surface area is 178 Å². The molecular weight excluding hydrogens is 396 g/mol. The van der Waals surface area contributed by atoms with Gasteiger partial charge in [-0.05, 0) is 37.1 Å². The highest BCUT2D eigenvalue weighted by Crippen LogP contribution is 2.29. The van der Waals surface area contributed by atoms with E-state index in [1.807, 2.05) is 50.2 Å². The van der Waals surface area contributed by atoms with Crippen molar-refractivity contribution in [3.05, 3.63) is 80.0 Å². The molecule has 0 unspecified atom stereocenters. The fraction of sp³-hybridized carbons (Fsp3) is 0.261. The maximum atomic E-state index is 13.0. The number of aryl methyl sites for hydroxylation is 3. The van der Waals surface area contributed by atoms with Gasteiger partial charge in [0.25, 0.3) is 5.56 Å². The number of aromatic nitrogens is 4. The van der Waals surface area contributed by atoms with E-state index in [1.165, 1.54) is 11.6 Å². The van der Waals surface area contributed by atoms with Crippen LogP contribution in [-0.4, -0.2) is 25.8 Å². The third-order valence-electron chi connectivity index (χ3n) is 5.24. The molecule has 4 aromatic rings. The fourth-order valence-corrected chi connectivity index (χ4v) is 3.52. The maximum Gasteiger partial charge on any atom is 0.332 e. The van der Waals surface area contributed by atoms with E-state index in [1.54, 1.807) is 24.8 Å². The van der Waals surface area contributed by atoms with Crippen molar-refractivity contribution in [1.82, 2.24) is 18.7 Å². The SMILES string of the molecule is COc1cc(C)cc(Oc2nc3c(c(=O)n(C)c(=O)n3C)n2Cc2ccc(C)cc2)c1. The highest BCUT2D eigenvalue weighted by atomic mass is 16.5. The van der Waals surface area contributed by atoms with Crippen LogP contribution in [0.4, 0.5) is 0 Å². The Morgan fingerprint density at radius 2 is 1.58 bits per heavy atom. The zero-order chi connectivity index (χ0) is 22.3. The topological polar surface area (TPSA) is 80.3 Å². The number of imidazole rings is 1. The summed E-state index contributed by atoms with van der Waals surface area (Å²) in [7, 11) is 4.64. The van der Waals surface area contributed by atoms with Crippen LogP contribution in [0.3, 0.4) is 0 Å². The second kappa shape index (κ2) is 7.79. The molecule has 0 spiro atoms. The van der Waals surface area contributed by atoms with Gasteiger partial charge < -0.3 is 9.47 Å². The first-order valence-corrected chi connectivity index (χ1v) is 9.84. The lowest BCUT2D eigenvalue weighted by Crippen LogP contribution is -2.37. The minimum Gasteiger partial charge on any atom is -0.497 e. The van der Waals surface area contributed by atoms with E-state index in [-0.39, 0.29) is 11.7 Å². The quantitative estimate of drug-likeness (QED) is 0.496. The molecule has 0 saturated carbocycles.